The maximum Gasteiger partial charge on any atom is 0.161 e. The fourth-order valence-electron chi connectivity index (χ4n) is 2.78. The second-order valence-corrected chi connectivity index (χ2v) is 6.80. The summed E-state index contributed by atoms with van der Waals surface area (Å²) in [7, 11) is 0. The van der Waals surface area contributed by atoms with Crippen molar-refractivity contribution in [2.24, 2.45) is 0 Å². The normalized spacial score (nSPS) is 17.4. The number of ether oxygens (including phenoxy) is 6. The molecular formula is C22H28O7. The Labute approximate surface area is 171 Å². The Balaban J connectivity index is 1.79. The van der Waals surface area contributed by atoms with Gasteiger partial charge >= 0.3 is 0 Å². The molecule has 158 valence electrons. The van der Waals surface area contributed by atoms with E-state index in [1.807, 2.05) is 55.5 Å². The summed E-state index contributed by atoms with van der Waals surface area (Å²) >= 11 is 0. The molecule has 0 bridgehead atoms. The van der Waals surface area contributed by atoms with E-state index in [2.05, 4.69) is 0 Å². The number of para-hydroxylation sites is 4. The highest BCUT2D eigenvalue weighted by molar-refractivity contribution is 5.40. The van der Waals surface area contributed by atoms with Crippen LogP contribution in [0.5, 0.6) is 23.0 Å². The second kappa shape index (κ2) is 10.9. The lowest BCUT2D eigenvalue weighted by molar-refractivity contribution is -0.0934. The average molecular weight is 404 g/mol. The van der Waals surface area contributed by atoms with Gasteiger partial charge in [-0.1, -0.05) is 24.3 Å². The van der Waals surface area contributed by atoms with Crippen LogP contribution < -0.4 is 18.9 Å². The van der Waals surface area contributed by atoms with Gasteiger partial charge in [0.1, 0.15) is 32.0 Å². The minimum Gasteiger partial charge on any atom is -0.487 e. The largest absolute Gasteiger partial charge is 0.487 e. The maximum absolute atomic E-state index is 9.20. The van der Waals surface area contributed by atoms with Gasteiger partial charge in [0.05, 0.1) is 26.4 Å². The predicted molar refractivity (Wildman–Crippen MR) is 107 cm³/mol. The fourth-order valence-corrected chi connectivity index (χ4v) is 2.78. The van der Waals surface area contributed by atoms with Crippen LogP contribution in [0.1, 0.15) is 6.92 Å². The van der Waals surface area contributed by atoms with Crippen molar-refractivity contribution in [3.8, 4) is 23.0 Å². The third-order valence-electron chi connectivity index (χ3n) is 4.28. The predicted octanol–water partition coefficient (Wildman–Crippen LogP) is 2.70. The summed E-state index contributed by atoms with van der Waals surface area (Å²) in [6.07, 6.45) is 0. The Bertz CT molecular complexity index is 694. The molecule has 0 saturated heterocycles. The average Bonchev–Trinajstić information content (AvgIpc) is 2.75. The standard InChI is InChI=1S/C22H28O7/c1-22(29-11-10-23)16-27-20-8-4-2-6-18(20)25-14-12-24-13-15-26-19-7-3-5-9-21(19)28-17-22/h2-9,23H,10-17H2,1H3. The first-order valence-corrected chi connectivity index (χ1v) is 9.72. The van der Waals surface area contributed by atoms with Crippen LogP contribution in [-0.4, -0.2) is 63.6 Å². The number of aliphatic hydroxyl groups is 1. The topological polar surface area (TPSA) is 75.6 Å². The van der Waals surface area contributed by atoms with Gasteiger partial charge in [0.2, 0.25) is 0 Å². The van der Waals surface area contributed by atoms with Crippen LogP contribution in [0.2, 0.25) is 0 Å². The molecule has 0 saturated carbocycles. The Morgan fingerprint density at radius 1 is 0.759 bits per heavy atom. The summed E-state index contributed by atoms with van der Waals surface area (Å²) in [5.41, 5.74) is -0.789. The van der Waals surface area contributed by atoms with Crippen LogP contribution in [-0.2, 0) is 9.47 Å². The molecule has 0 fully saturated rings. The van der Waals surface area contributed by atoms with E-state index >= 15 is 0 Å². The highest BCUT2D eigenvalue weighted by Crippen LogP contribution is 2.30. The van der Waals surface area contributed by atoms with E-state index in [0.29, 0.717) is 49.4 Å². The lowest BCUT2D eigenvalue weighted by Crippen LogP contribution is -2.42. The van der Waals surface area contributed by atoms with E-state index < -0.39 is 5.60 Å². The molecule has 2 aromatic rings. The van der Waals surface area contributed by atoms with Gasteiger partial charge in [-0.2, -0.15) is 0 Å². The number of hydrogen-bond acceptors (Lipinski definition) is 7. The van der Waals surface area contributed by atoms with E-state index in [1.165, 1.54) is 0 Å². The van der Waals surface area contributed by atoms with Gasteiger partial charge in [-0.3, -0.25) is 0 Å². The summed E-state index contributed by atoms with van der Waals surface area (Å²) in [4.78, 5) is 0. The monoisotopic (exact) mass is 404 g/mol. The van der Waals surface area contributed by atoms with E-state index in [0.717, 1.165) is 0 Å². The molecule has 1 aliphatic rings. The molecule has 7 nitrogen and oxygen atoms in total. The summed E-state index contributed by atoms with van der Waals surface area (Å²) in [6, 6.07) is 14.9. The Morgan fingerprint density at radius 3 is 1.66 bits per heavy atom. The smallest absolute Gasteiger partial charge is 0.161 e. The van der Waals surface area contributed by atoms with E-state index in [-0.39, 0.29) is 26.4 Å². The van der Waals surface area contributed by atoms with Gasteiger partial charge < -0.3 is 33.5 Å². The summed E-state index contributed by atoms with van der Waals surface area (Å²) in [5.74, 6) is 2.50. The molecule has 0 spiro atoms. The molecule has 0 radical (unpaired) electrons. The molecule has 0 aliphatic carbocycles. The van der Waals surface area contributed by atoms with E-state index in [9.17, 15) is 5.11 Å². The molecule has 0 unspecified atom stereocenters. The Kier molecular flexibility index (Phi) is 7.98. The first kappa shape index (κ1) is 21.2. The third kappa shape index (κ3) is 6.52. The van der Waals surface area contributed by atoms with Crippen molar-refractivity contribution in [1.82, 2.24) is 0 Å². The van der Waals surface area contributed by atoms with Gasteiger partial charge in [-0.25, -0.2) is 0 Å². The zero-order valence-corrected chi connectivity index (χ0v) is 16.7. The summed E-state index contributed by atoms with van der Waals surface area (Å²) in [6.45, 7) is 4.08. The quantitative estimate of drug-likeness (QED) is 0.843. The van der Waals surface area contributed by atoms with E-state index in [4.69, 9.17) is 28.4 Å². The van der Waals surface area contributed by atoms with Gasteiger partial charge in [-0.05, 0) is 31.2 Å². The zero-order chi connectivity index (χ0) is 20.4. The minimum absolute atomic E-state index is 0.0883. The second-order valence-electron chi connectivity index (χ2n) is 6.80. The highest BCUT2D eigenvalue weighted by atomic mass is 16.6. The zero-order valence-electron chi connectivity index (χ0n) is 16.7. The summed E-state index contributed by atoms with van der Waals surface area (Å²) in [5, 5.41) is 9.20. The van der Waals surface area contributed by atoms with Gasteiger partial charge in [0, 0.05) is 0 Å². The molecule has 29 heavy (non-hydrogen) atoms. The summed E-state index contributed by atoms with van der Waals surface area (Å²) < 4.78 is 35.0. The highest BCUT2D eigenvalue weighted by Gasteiger charge is 2.29. The van der Waals surface area contributed by atoms with Crippen molar-refractivity contribution in [3.05, 3.63) is 48.5 Å². The molecule has 1 aliphatic heterocycles. The number of aliphatic hydroxyl groups excluding tert-OH is 1. The van der Waals surface area contributed by atoms with Crippen LogP contribution in [0.15, 0.2) is 48.5 Å². The van der Waals surface area contributed by atoms with Crippen LogP contribution >= 0.6 is 0 Å². The molecule has 3 rings (SSSR count). The van der Waals surface area contributed by atoms with Crippen LogP contribution in [0.25, 0.3) is 0 Å². The minimum atomic E-state index is -0.789. The lowest BCUT2D eigenvalue weighted by Gasteiger charge is -2.30. The third-order valence-corrected chi connectivity index (χ3v) is 4.28. The van der Waals surface area contributed by atoms with Gasteiger partial charge in [0.25, 0.3) is 0 Å². The van der Waals surface area contributed by atoms with Crippen molar-refractivity contribution in [2.45, 2.75) is 12.5 Å². The first-order valence-electron chi connectivity index (χ1n) is 9.72. The maximum atomic E-state index is 9.20. The molecule has 0 aromatic heterocycles. The van der Waals surface area contributed by atoms with Crippen LogP contribution in [0.3, 0.4) is 0 Å². The number of fused-ring (bicyclic) bond motifs is 2. The van der Waals surface area contributed by atoms with Crippen molar-refractivity contribution >= 4 is 0 Å². The molecule has 2 aromatic carbocycles. The number of hydrogen-bond donors (Lipinski definition) is 1. The molecular weight excluding hydrogens is 376 g/mol. The van der Waals surface area contributed by atoms with E-state index in [1.54, 1.807) is 0 Å². The molecule has 0 atom stereocenters. The van der Waals surface area contributed by atoms with Crippen molar-refractivity contribution < 1.29 is 33.5 Å². The first-order chi connectivity index (χ1) is 14.2. The number of rotatable bonds is 3. The Hall–Kier alpha value is -2.48. The fraction of sp³-hybridized carbons (Fsp3) is 0.455. The molecule has 1 heterocycles. The lowest BCUT2D eigenvalue weighted by atomic mass is 10.1. The van der Waals surface area contributed by atoms with Crippen LogP contribution in [0.4, 0.5) is 0 Å². The SMILES string of the molecule is CC1(OCCO)COc2ccccc2OCCOCCOc2ccccc2OC1. The number of benzene rings is 2. The van der Waals surface area contributed by atoms with Crippen LogP contribution in [0, 0.1) is 0 Å². The molecule has 1 N–H and O–H groups in total. The van der Waals surface area contributed by atoms with Gasteiger partial charge in [0.15, 0.2) is 23.0 Å². The molecule has 7 heteroatoms. The Morgan fingerprint density at radius 2 is 1.21 bits per heavy atom. The molecule has 0 amide bonds. The van der Waals surface area contributed by atoms with Gasteiger partial charge in [-0.15, -0.1) is 0 Å². The van der Waals surface area contributed by atoms with Crippen molar-refractivity contribution in [2.75, 3.05) is 52.9 Å². The van der Waals surface area contributed by atoms with Crippen molar-refractivity contribution in [1.29, 1.82) is 0 Å². The van der Waals surface area contributed by atoms with Crippen molar-refractivity contribution in [3.63, 3.8) is 0 Å².